The number of nitrogens with zero attached hydrogens (tertiary/aromatic N) is 1. The molecule has 0 aromatic heterocycles. The summed E-state index contributed by atoms with van der Waals surface area (Å²) < 4.78 is 0. The van der Waals surface area contributed by atoms with Gasteiger partial charge < -0.3 is 51.9 Å². The molecule has 1 fully saturated rings. The summed E-state index contributed by atoms with van der Waals surface area (Å²) in [6.07, 6.45) is -0.273. The molecule has 0 bridgehead atoms. The largest absolute Gasteiger partial charge is 0.508 e. The molecular formula is C29H30N4O10. The third kappa shape index (κ3) is 4.55. The number of benzene rings is 2. The van der Waals surface area contributed by atoms with Crippen molar-refractivity contribution < 1.29 is 49.8 Å². The third-order valence-electron chi connectivity index (χ3n) is 8.27. The number of fused-ring (bicyclic) bond motifs is 3. The van der Waals surface area contributed by atoms with Gasteiger partial charge in [-0.1, -0.05) is 0 Å². The Morgan fingerprint density at radius 3 is 2.37 bits per heavy atom. The number of hydrogen-bond acceptors (Lipinski definition) is 11. The monoisotopic (exact) mass is 594 g/mol. The van der Waals surface area contributed by atoms with Crippen molar-refractivity contribution in [3.05, 3.63) is 57.9 Å². The van der Waals surface area contributed by atoms with Crippen LogP contribution in [0.25, 0.3) is 5.76 Å². The van der Waals surface area contributed by atoms with Gasteiger partial charge in [0.1, 0.15) is 22.8 Å². The van der Waals surface area contributed by atoms with Crippen LogP contribution in [0.15, 0.2) is 41.2 Å². The molecule has 3 aliphatic carbocycles. The minimum Gasteiger partial charge on any atom is -0.508 e. The number of ketones is 2. The van der Waals surface area contributed by atoms with Crippen LogP contribution in [-0.4, -0.2) is 73.8 Å². The highest BCUT2D eigenvalue weighted by molar-refractivity contribution is 6.22. The fourth-order valence-electron chi connectivity index (χ4n) is 6.21. The zero-order valence-corrected chi connectivity index (χ0v) is 23.1. The first kappa shape index (κ1) is 29.3. The van der Waals surface area contributed by atoms with E-state index in [0.717, 1.165) is 6.07 Å². The first-order chi connectivity index (χ1) is 20.2. The summed E-state index contributed by atoms with van der Waals surface area (Å²) in [6.45, 7) is -0.241. The second-order valence-corrected chi connectivity index (χ2v) is 11.1. The smallest absolute Gasteiger partial charge is 0.319 e. The number of aliphatic hydroxyl groups is 3. The van der Waals surface area contributed by atoms with Crippen molar-refractivity contribution in [3.8, 4) is 17.2 Å². The summed E-state index contributed by atoms with van der Waals surface area (Å²) in [5.74, 6) is -8.00. The molecule has 43 heavy (non-hydrogen) atoms. The van der Waals surface area contributed by atoms with Crippen LogP contribution in [0.4, 0.5) is 16.2 Å². The van der Waals surface area contributed by atoms with Crippen LogP contribution in [0.5, 0.6) is 17.2 Å². The Kier molecular flexibility index (Phi) is 6.97. The average molecular weight is 595 g/mol. The van der Waals surface area contributed by atoms with E-state index in [9.17, 15) is 49.8 Å². The van der Waals surface area contributed by atoms with Gasteiger partial charge >= 0.3 is 6.03 Å². The van der Waals surface area contributed by atoms with Crippen molar-refractivity contribution in [2.75, 3.05) is 24.3 Å². The van der Waals surface area contributed by atoms with E-state index >= 15 is 0 Å². The molecule has 0 aliphatic heterocycles. The highest BCUT2D eigenvalue weighted by Crippen LogP contribution is 2.53. The lowest BCUT2D eigenvalue weighted by atomic mass is 9.59. The zero-order chi connectivity index (χ0) is 31.5. The molecule has 0 heterocycles. The molecule has 5 rings (SSSR count). The van der Waals surface area contributed by atoms with Crippen LogP contribution < -0.4 is 21.3 Å². The second-order valence-electron chi connectivity index (χ2n) is 11.1. The van der Waals surface area contributed by atoms with Crippen LogP contribution in [0.1, 0.15) is 29.5 Å². The van der Waals surface area contributed by atoms with Crippen LogP contribution in [0, 0.1) is 11.8 Å². The quantitative estimate of drug-likeness (QED) is 0.135. The number of hydrogen-bond donors (Lipinski definition) is 9. The number of primary amides is 1. The zero-order valence-electron chi connectivity index (χ0n) is 23.1. The molecule has 14 nitrogen and oxygen atoms in total. The van der Waals surface area contributed by atoms with Crippen LogP contribution in [-0.2, 0) is 27.3 Å². The number of anilines is 2. The molecule has 2 aromatic rings. The molecule has 226 valence electrons. The molecule has 0 unspecified atom stereocenters. The van der Waals surface area contributed by atoms with Gasteiger partial charge in [0.2, 0.25) is 5.78 Å². The summed E-state index contributed by atoms with van der Waals surface area (Å²) >= 11 is 0. The van der Waals surface area contributed by atoms with Gasteiger partial charge in [0, 0.05) is 61.6 Å². The molecule has 0 saturated heterocycles. The Balaban J connectivity index is 1.53. The first-order valence-electron chi connectivity index (χ1n) is 13.3. The number of nitrogens with two attached hydrogens (primary N) is 1. The number of urea groups is 1. The maximum absolute atomic E-state index is 13.8. The number of nitrogens with one attached hydrogen (secondary N) is 2. The maximum Gasteiger partial charge on any atom is 0.319 e. The Morgan fingerprint density at radius 2 is 1.74 bits per heavy atom. The van der Waals surface area contributed by atoms with Crippen molar-refractivity contribution in [2.24, 2.45) is 17.6 Å². The fraction of sp³-hybridized carbons (Fsp3) is 0.310. The first-order valence-corrected chi connectivity index (χ1v) is 13.3. The van der Waals surface area contributed by atoms with E-state index < -0.39 is 76.0 Å². The Labute approximate surface area is 244 Å². The molecule has 1 saturated carbocycles. The standard InChI is InChI=1S/C29H30N4O10/c1-33(2)16-7-12(10-31-28(42)32-14-3-4-17(34)18(35)9-14)23(37)21-15(16)6-11-5-13-8-19(36)22(27(30)41)26(40)29(13,43)25(39)20(11)24(21)38/h3-4,7,9,11,13,34-35,37-38,40,43H,5-6,8,10H2,1-2H3,(H2,30,41)(H2,31,32,42)/t11-,13+,29+/m1/s1. The molecular weight excluding hydrogens is 564 g/mol. The maximum atomic E-state index is 13.8. The predicted molar refractivity (Wildman–Crippen MR) is 151 cm³/mol. The Morgan fingerprint density at radius 1 is 1.05 bits per heavy atom. The number of rotatable bonds is 5. The number of carbonyl (C=O) groups is 4. The third-order valence-corrected chi connectivity index (χ3v) is 8.27. The van der Waals surface area contributed by atoms with Crippen LogP contribution in [0.2, 0.25) is 0 Å². The summed E-state index contributed by atoms with van der Waals surface area (Å²) in [4.78, 5) is 52.4. The van der Waals surface area contributed by atoms with E-state index in [1.165, 1.54) is 12.1 Å². The van der Waals surface area contributed by atoms with Gasteiger partial charge in [-0.3, -0.25) is 14.4 Å². The summed E-state index contributed by atoms with van der Waals surface area (Å²) in [5, 5.41) is 69.0. The lowest BCUT2D eigenvalue weighted by Crippen LogP contribution is -2.58. The molecule has 3 atom stereocenters. The van der Waals surface area contributed by atoms with E-state index in [1.54, 1.807) is 25.1 Å². The number of amides is 3. The van der Waals surface area contributed by atoms with Gasteiger partial charge in [-0.15, -0.1) is 0 Å². The Hall–Kier alpha value is -5.24. The average Bonchev–Trinajstić information content (AvgIpc) is 2.92. The fourth-order valence-corrected chi connectivity index (χ4v) is 6.21. The lowest BCUT2D eigenvalue weighted by Gasteiger charge is -2.46. The number of phenolic OH excluding ortho intramolecular Hbond substituents is 3. The number of phenols is 3. The molecule has 2 aromatic carbocycles. The number of aliphatic hydroxyl groups excluding tert-OH is 2. The van der Waals surface area contributed by atoms with E-state index in [2.05, 4.69) is 10.6 Å². The van der Waals surface area contributed by atoms with E-state index in [0.29, 0.717) is 11.3 Å². The van der Waals surface area contributed by atoms with Crippen molar-refractivity contribution in [1.82, 2.24) is 5.32 Å². The topological polar surface area (TPSA) is 243 Å². The van der Waals surface area contributed by atoms with Gasteiger partial charge in [-0.25, -0.2) is 4.79 Å². The van der Waals surface area contributed by atoms with Gasteiger partial charge in [0.05, 0.1) is 5.56 Å². The van der Waals surface area contributed by atoms with Crippen molar-refractivity contribution in [3.63, 3.8) is 0 Å². The Bertz CT molecular complexity index is 1680. The van der Waals surface area contributed by atoms with Crippen molar-refractivity contribution in [1.29, 1.82) is 0 Å². The van der Waals surface area contributed by atoms with Gasteiger partial charge in [-0.05, 0) is 42.5 Å². The molecule has 10 N–H and O–H groups in total. The normalized spacial score (nSPS) is 22.9. The van der Waals surface area contributed by atoms with E-state index in [4.69, 9.17) is 5.73 Å². The van der Waals surface area contributed by atoms with Crippen molar-refractivity contribution in [2.45, 2.75) is 31.4 Å². The molecule has 0 spiro atoms. The molecule has 3 amide bonds. The van der Waals surface area contributed by atoms with E-state index in [-0.39, 0.29) is 47.5 Å². The second kappa shape index (κ2) is 10.2. The number of carbonyl (C=O) groups excluding carboxylic acids is 4. The minimum absolute atomic E-state index is 0.00678. The molecule has 14 heteroatoms. The number of aromatic hydroxyl groups is 3. The van der Waals surface area contributed by atoms with Gasteiger partial charge in [0.15, 0.2) is 22.9 Å². The minimum atomic E-state index is -2.67. The number of Topliss-reactive ketones (excluding diaryl/α,β-unsaturated/α-hetero) is 2. The van der Waals surface area contributed by atoms with Gasteiger partial charge in [-0.2, -0.15) is 0 Å². The van der Waals surface area contributed by atoms with Crippen molar-refractivity contribution >= 4 is 40.6 Å². The van der Waals surface area contributed by atoms with Gasteiger partial charge in [0.25, 0.3) is 5.91 Å². The highest BCUT2D eigenvalue weighted by atomic mass is 16.3. The predicted octanol–water partition coefficient (Wildman–Crippen LogP) is 1.22. The van der Waals surface area contributed by atoms with Crippen LogP contribution in [0.3, 0.4) is 0 Å². The molecule has 0 radical (unpaired) electrons. The summed E-state index contributed by atoms with van der Waals surface area (Å²) in [5.41, 5.74) is 2.71. The molecule has 3 aliphatic rings. The van der Waals surface area contributed by atoms with E-state index in [1.807, 2.05) is 0 Å². The van der Waals surface area contributed by atoms with Crippen LogP contribution >= 0.6 is 0 Å². The summed E-state index contributed by atoms with van der Waals surface area (Å²) in [6, 6.07) is 4.58. The lowest BCUT2D eigenvalue weighted by molar-refractivity contribution is -0.147. The highest BCUT2D eigenvalue weighted by Gasteiger charge is 2.60. The SMILES string of the molecule is CN(C)c1cc(CNC(=O)Nc2ccc(O)c(O)c2)c(O)c2c1C[C@H]1C[C@H]3CC(=O)C(C(N)=O)=C(O)[C@@]3(O)C(=O)C1=C2O. The summed E-state index contributed by atoms with van der Waals surface area (Å²) in [7, 11) is 3.45.